The van der Waals surface area contributed by atoms with Crippen LogP contribution in [0.1, 0.15) is 23.0 Å². The first-order valence-electron chi connectivity index (χ1n) is 8.12. The maximum Gasteiger partial charge on any atom is 0.325 e. The van der Waals surface area contributed by atoms with E-state index in [9.17, 15) is 9.90 Å². The number of carboxylic acids is 1. The van der Waals surface area contributed by atoms with E-state index in [1.54, 1.807) is 10.9 Å². The van der Waals surface area contributed by atoms with Crippen LogP contribution in [-0.2, 0) is 11.8 Å². The summed E-state index contributed by atoms with van der Waals surface area (Å²) in [5.41, 5.74) is 2.51. The molecule has 24 heavy (non-hydrogen) atoms. The van der Waals surface area contributed by atoms with Gasteiger partial charge in [-0.15, -0.1) is 0 Å². The monoisotopic (exact) mass is 329 g/mol. The first kappa shape index (κ1) is 16.4. The van der Waals surface area contributed by atoms with Crippen LogP contribution in [0.25, 0.3) is 0 Å². The molecule has 0 aliphatic carbocycles. The van der Waals surface area contributed by atoms with E-state index in [0.717, 1.165) is 35.9 Å². The molecule has 3 heterocycles. The van der Waals surface area contributed by atoms with E-state index >= 15 is 0 Å². The van der Waals surface area contributed by atoms with Crippen molar-refractivity contribution in [3.05, 3.63) is 41.3 Å². The van der Waals surface area contributed by atoms with E-state index in [-0.39, 0.29) is 0 Å². The van der Waals surface area contributed by atoms with E-state index in [1.165, 1.54) is 0 Å². The number of aliphatic carboxylic acids is 1. The molecule has 1 atom stereocenters. The lowest BCUT2D eigenvalue weighted by atomic mass is 10.0. The van der Waals surface area contributed by atoms with Crippen molar-refractivity contribution in [2.24, 2.45) is 7.05 Å². The third-order valence-corrected chi connectivity index (χ3v) is 4.73. The molecule has 1 aliphatic heterocycles. The standard InChI is InChI=1S/C17H23N5O2/c1-12-15(13(2)20(3)19-12)16(17(23)24)22-10-8-21(9-11-22)14-6-4-5-7-18-14/h4-7,16H,8-11H2,1-3H3,(H,23,24). The van der Waals surface area contributed by atoms with Gasteiger partial charge in [-0.3, -0.25) is 14.4 Å². The average Bonchev–Trinajstić information content (AvgIpc) is 2.83. The fourth-order valence-corrected chi connectivity index (χ4v) is 3.40. The van der Waals surface area contributed by atoms with Crippen molar-refractivity contribution in [1.82, 2.24) is 19.7 Å². The average molecular weight is 329 g/mol. The summed E-state index contributed by atoms with van der Waals surface area (Å²) in [6.07, 6.45) is 1.78. The Hall–Kier alpha value is -2.41. The van der Waals surface area contributed by atoms with Gasteiger partial charge in [-0.1, -0.05) is 6.07 Å². The maximum absolute atomic E-state index is 12.0. The number of carboxylic acid groups (broad SMARTS) is 1. The van der Waals surface area contributed by atoms with E-state index in [4.69, 9.17) is 0 Å². The topological polar surface area (TPSA) is 74.5 Å². The molecular weight excluding hydrogens is 306 g/mol. The van der Waals surface area contributed by atoms with Crippen molar-refractivity contribution < 1.29 is 9.90 Å². The summed E-state index contributed by atoms with van der Waals surface area (Å²) in [6.45, 7) is 6.69. The van der Waals surface area contributed by atoms with Gasteiger partial charge in [0, 0.05) is 50.7 Å². The number of aryl methyl sites for hydroxylation is 2. The van der Waals surface area contributed by atoms with Gasteiger partial charge in [0.25, 0.3) is 0 Å². The molecule has 1 aliphatic rings. The van der Waals surface area contributed by atoms with Crippen LogP contribution >= 0.6 is 0 Å². The Balaban J connectivity index is 1.79. The minimum absolute atomic E-state index is 0.649. The SMILES string of the molecule is Cc1nn(C)c(C)c1C(C(=O)O)N1CCN(c2ccccn2)CC1. The van der Waals surface area contributed by atoms with E-state index in [1.807, 2.05) is 44.0 Å². The molecule has 7 heteroatoms. The number of carbonyl (C=O) groups is 1. The number of piperazine rings is 1. The summed E-state index contributed by atoms with van der Waals surface area (Å²) in [7, 11) is 1.85. The molecule has 0 aromatic carbocycles. The number of hydrogen-bond acceptors (Lipinski definition) is 5. The maximum atomic E-state index is 12.0. The normalized spacial score (nSPS) is 17.0. The molecular formula is C17H23N5O2. The Morgan fingerprint density at radius 1 is 1.21 bits per heavy atom. The lowest BCUT2D eigenvalue weighted by Gasteiger charge is -2.38. The van der Waals surface area contributed by atoms with Gasteiger partial charge in [-0.25, -0.2) is 4.98 Å². The molecule has 7 nitrogen and oxygen atoms in total. The van der Waals surface area contributed by atoms with E-state index in [0.29, 0.717) is 13.1 Å². The highest BCUT2D eigenvalue weighted by molar-refractivity contribution is 5.76. The zero-order valence-corrected chi connectivity index (χ0v) is 14.3. The van der Waals surface area contributed by atoms with Crippen molar-refractivity contribution in [2.75, 3.05) is 31.1 Å². The molecule has 0 bridgehead atoms. The summed E-state index contributed by atoms with van der Waals surface area (Å²) in [5, 5.41) is 14.2. The molecule has 1 unspecified atom stereocenters. The second kappa shape index (κ2) is 6.60. The zero-order valence-electron chi connectivity index (χ0n) is 14.3. The Bertz CT molecular complexity index is 720. The van der Waals surface area contributed by atoms with E-state index < -0.39 is 12.0 Å². The van der Waals surface area contributed by atoms with Crippen molar-refractivity contribution >= 4 is 11.8 Å². The molecule has 1 N–H and O–H groups in total. The molecule has 0 radical (unpaired) electrons. The van der Waals surface area contributed by atoms with Crippen molar-refractivity contribution in [3.8, 4) is 0 Å². The molecule has 2 aromatic heterocycles. The fraction of sp³-hybridized carbons (Fsp3) is 0.471. The van der Waals surface area contributed by atoms with Gasteiger partial charge in [-0.05, 0) is 26.0 Å². The van der Waals surface area contributed by atoms with Crippen LogP contribution in [0.5, 0.6) is 0 Å². The van der Waals surface area contributed by atoms with Crippen LogP contribution in [-0.4, -0.2) is 56.9 Å². The first-order valence-corrected chi connectivity index (χ1v) is 8.12. The number of aromatic nitrogens is 3. The summed E-state index contributed by atoms with van der Waals surface area (Å²) in [4.78, 5) is 20.6. The van der Waals surface area contributed by atoms with E-state index in [2.05, 4.69) is 15.0 Å². The third-order valence-electron chi connectivity index (χ3n) is 4.73. The van der Waals surface area contributed by atoms with Gasteiger partial charge in [0.2, 0.25) is 0 Å². The highest BCUT2D eigenvalue weighted by Crippen LogP contribution is 2.28. The third kappa shape index (κ3) is 2.99. The van der Waals surface area contributed by atoms with Crippen LogP contribution in [0.15, 0.2) is 24.4 Å². The minimum atomic E-state index is -0.819. The molecule has 128 valence electrons. The van der Waals surface area contributed by atoms with Crippen LogP contribution in [0.4, 0.5) is 5.82 Å². The summed E-state index contributed by atoms with van der Waals surface area (Å²) < 4.78 is 1.75. The largest absolute Gasteiger partial charge is 0.480 e. The quantitative estimate of drug-likeness (QED) is 0.913. The summed E-state index contributed by atoms with van der Waals surface area (Å²) in [5.74, 6) is 0.123. The zero-order chi connectivity index (χ0) is 17.3. The Morgan fingerprint density at radius 3 is 2.42 bits per heavy atom. The predicted molar refractivity (Wildman–Crippen MR) is 91.1 cm³/mol. The molecule has 1 fully saturated rings. The Kier molecular flexibility index (Phi) is 4.53. The molecule has 3 rings (SSSR count). The highest BCUT2D eigenvalue weighted by atomic mass is 16.4. The number of anilines is 1. The molecule has 0 spiro atoms. The number of rotatable bonds is 4. The van der Waals surface area contributed by atoms with Crippen LogP contribution in [0.3, 0.4) is 0 Å². The van der Waals surface area contributed by atoms with Gasteiger partial charge in [-0.2, -0.15) is 5.10 Å². The van der Waals surface area contributed by atoms with Crippen LogP contribution in [0.2, 0.25) is 0 Å². The lowest BCUT2D eigenvalue weighted by Crippen LogP contribution is -2.49. The van der Waals surface area contributed by atoms with Gasteiger partial charge in [0.15, 0.2) is 0 Å². The second-order valence-corrected chi connectivity index (χ2v) is 6.16. The van der Waals surface area contributed by atoms with Crippen molar-refractivity contribution in [1.29, 1.82) is 0 Å². The summed E-state index contributed by atoms with van der Waals surface area (Å²) >= 11 is 0. The number of pyridine rings is 1. The smallest absolute Gasteiger partial charge is 0.325 e. The number of nitrogens with zero attached hydrogens (tertiary/aromatic N) is 5. The van der Waals surface area contributed by atoms with Crippen molar-refractivity contribution in [2.45, 2.75) is 19.9 Å². The van der Waals surface area contributed by atoms with Gasteiger partial charge in [0.05, 0.1) is 5.69 Å². The predicted octanol–water partition coefficient (Wildman–Crippen LogP) is 1.38. The summed E-state index contributed by atoms with van der Waals surface area (Å²) in [6, 6.07) is 5.20. The van der Waals surface area contributed by atoms with Crippen LogP contribution < -0.4 is 4.90 Å². The molecule has 0 amide bonds. The number of hydrogen-bond donors (Lipinski definition) is 1. The van der Waals surface area contributed by atoms with Gasteiger partial charge >= 0.3 is 5.97 Å². The fourth-order valence-electron chi connectivity index (χ4n) is 3.40. The van der Waals surface area contributed by atoms with Gasteiger partial charge < -0.3 is 10.0 Å². The minimum Gasteiger partial charge on any atom is -0.480 e. The lowest BCUT2D eigenvalue weighted by molar-refractivity contribution is -0.143. The Labute approximate surface area is 141 Å². The van der Waals surface area contributed by atoms with Crippen molar-refractivity contribution in [3.63, 3.8) is 0 Å². The molecule has 1 saturated heterocycles. The highest BCUT2D eigenvalue weighted by Gasteiger charge is 2.34. The second-order valence-electron chi connectivity index (χ2n) is 6.16. The first-order chi connectivity index (χ1) is 11.5. The van der Waals surface area contributed by atoms with Gasteiger partial charge in [0.1, 0.15) is 11.9 Å². The van der Waals surface area contributed by atoms with Crippen LogP contribution in [0, 0.1) is 13.8 Å². The molecule has 2 aromatic rings. The Morgan fingerprint density at radius 2 is 1.92 bits per heavy atom. The molecule has 0 saturated carbocycles.